The van der Waals surface area contributed by atoms with Gasteiger partial charge in [-0.3, -0.25) is 4.79 Å². The molecule has 5 heteroatoms. The zero-order valence-corrected chi connectivity index (χ0v) is 10.8. The molecule has 1 aromatic rings. The molecule has 2 aliphatic rings. The predicted octanol–water partition coefficient (Wildman–Crippen LogP) is 1.08. The molecule has 0 amide bonds. The normalized spacial score (nSPS) is 25.1. The van der Waals surface area contributed by atoms with Crippen LogP contribution in [0.15, 0.2) is 17.2 Å². The van der Waals surface area contributed by atoms with Crippen molar-refractivity contribution >= 4 is 5.82 Å². The van der Waals surface area contributed by atoms with E-state index < -0.39 is 0 Å². The van der Waals surface area contributed by atoms with E-state index in [1.54, 1.807) is 12.4 Å². The van der Waals surface area contributed by atoms with E-state index in [9.17, 15) is 4.79 Å². The Labute approximate surface area is 107 Å². The number of nitrogens with one attached hydrogen (secondary N) is 1. The summed E-state index contributed by atoms with van der Waals surface area (Å²) in [6, 6.07) is 0.758. The second-order valence-electron chi connectivity index (χ2n) is 5.47. The fourth-order valence-electron chi connectivity index (χ4n) is 2.64. The number of piperidine rings is 1. The first-order valence-corrected chi connectivity index (χ1v) is 6.76. The first-order chi connectivity index (χ1) is 8.74. The van der Waals surface area contributed by atoms with E-state index in [2.05, 4.69) is 22.2 Å². The van der Waals surface area contributed by atoms with Gasteiger partial charge in [0.1, 0.15) is 0 Å². The molecule has 1 unspecified atom stereocenters. The molecule has 98 valence electrons. The van der Waals surface area contributed by atoms with Crippen molar-refractivity contribution in [2.24, 2.45) is 0 Å². The lowest BCUT2D eigenvalue weighted by atomic mass is 10.1. The molecule has 18 heavy (non-hydrogen) atoms. The highest BCUT2D eigenvalue weighted by molar-refractivity contribution is 5.33. The van der Waals surface area contributed by atoms with Gasteiger partial charge in [-0.1, -0.05) is 0 Å². The molecule has 1 atom stereocenters. The average Bonchev–Trinajstić information content (AvgIpc) is 3.16. The minimum Gasteiger partial charge on any atom is -0.361 e. The van der Waals surface area contributed by atoms with Crippen molar-refractivity contribution in [2.75, 3.05) is 25.5 Å². The van der Waals surface area contributed by atoms with Gasteiger partial charge in [0, 0.05) is 31.0 Å². The quantitative estimate of drug-likeness (QED) is 0.870. The van der Waals surface area contributed by atoms with E-state index in [1.807, 2.05) is 4.57 Å². The largest absolute Gasteiger partial charge is 0.361 e. The minimum absolute atomic E-state index is 0.0354. The topological polar surface area (TPSA) is 50.2 Å². The predicted molar refractivity (Wildman–Crippen MR) is 70.9 cm³/mol. The van der Waals surface area contributed by atoms with Crippen molar-refractivity contribution in [1.29, 1.82) is 0 Å². The number of rotatable bonds is 3. The van der Waals surface area contributed by atoms with Crippen LogP contribution in [0.4, 0.5) is 5.82 Å². The molecule has 1 saturated heterocycles. The van der Waals surface area contributed by atoms with E-state index in [4.69, 9.17) is 0 Å². The zero-order valence-electron chi connectivity index (χ0n) is 10.8. The number of nitrogens with zero attached hydrogens (tertiary/aromatic N) is 3. The fraction of sp³-hybridized carbons (Fsp3) is 0.692. The summed E-state index contributed by atoms with van der Waals surface area (Å²) in [7, 11) is 2.12. The molecular formula is C13H20N4O. The summed E-state index contributed by atoms with van der Waals surface area (Å²) in [5.74, 6) is 0.518. The lowest BCUT2D eigenvalue weighted by molar-refractivity contribution is 0.260. The summed E-state index contributed by atoms with van der Waals surface area (Å²) in [5, 5.41) is 3.32. The molecule has 2 heterocycles. The molecule has 1 aliphatic heterocycles. The number of likely N-dealkylation sites (N-methyl/N-ethyl adjacent to an activating group) is 1. The van der Waals surface area contributed by atoms with Crippen molar-refractivity contribution in [1.82, 2.24) is 14.5 Å². The molecule has 1 aromatic heterocycles. The third kappa shape index (κ3) is 2.41. The van der Waals surface area contributed by atoms with E-state index in [0.29, 0.717) is 17.9 Å². The molecule has 1 aliphatic carbocycles. The van der Waals surface area contributed by atoms with Gasteiger partial charge in [0.05, 0.1) is 0 Å². The van der Waals surface area contributed by atoms with Gasteiger partial charge in [0.2, 0.25) is 0 Å². The average molecular weight is 248 g/mol. The maximum atomic E-state index is 12.2. The van der Waals surface area contributed by atoms with Gasteiger partial charge in [-0.25, -0.2) is 4.98 Å². The molecular weight excluding hydrogens is 228 g/mol. The number of hydrogen-bond acceptors (Lipinski definition) is 4. The van der Waals surface area contributed by atoms with Gasteiger partial charge in [0.15, 0.2) is 5.82 Å². The molecule has 0 radical (unpaired) electrons. The Hall–Kier alpha value is -1.36. The Balaban J connectivity index is 1.75. The summed E-state index contributed by atoms with van der Waals surface area (Å²) in [6.45, 7) is 2.13. The van der Waals surface area contributed by atoms with E-state index in [-0.39, 0.29) is 5.56 Å². The van der Waals surface area contributed by atoms with Crippen LogP contribution in [0.1, 0.15) is 31.7 Å². The summed E-state index contributed by atoms with van der Waals surface area (Å²) < 4.78 is 1.82. The number of hydrogen-bond donors (Lipinski definition) is 1. The summed E-state index contributed by atoms with van der Waals surface area (Å²) in [6.07, 6.45) is 8.07. The molecule has 0 bridgehead atoms. The second-order valence-corrected chi connectivity index (χ2v) is 5.47. The van der Waals surface area contributed by atoms with E-state index in [0.717, 1.165) is 32.4 Å². The number of aromatic nitrogens is 2. The summed E-state index contributed by atoms with van der Waals surface area (Å²) in [4.78, 5) is 18.7. The maximum absolute atomic E-state index is 12.2. The Bertz CT molecular complexity index is 480. The third-order valence-electron chi connectivity index (χ3n) is 3.77. The molecule has 3 rings (SSSR count). The molecule has 0 aromatic carbocycles. The van der Waals surface area contributed by atoms with Crippen LogP contribution < -0.4 is 10.9 Å². The van der Waals surface area contributed by atoms with Gasteiger partial charge >= 0.3 is 0 Å². The Morgan fingerprint density at radius 3 is 2.94 bits per heavy atom. The van der Waals surface area contributed by atoms with E-state index in [1.165, 1.54) is 6.42 Å². The highest BCUT2D eigenvalue weighted by Gasteiger charge is 2.26. The summed E-state index contributed by atoms with van der Waals surface area (Å²) in [5.41, 5.74) is 0.0354. The van der Waals surface area contributed by atoms with Crippen LogP contribution in [0.3, 0.4) is 0 Å². The smallest absolute Gasteiger partial charge is 0.293 e. The highest BCUT2D eigenvalue weighted by atomic mass is 16.1. The van der Waals surface area contributed by atoms with Crippen LogP contribution in [0, 0.1) is 0 Å². The highest BCUT2D eigenvalue weighted by Crippen LogP contribution is 2.33. The molecule has 5 nitrogen and oxygen atoms in total. The lowest BCUT2D eigenvalue weighted by Crippen LogP contribution is -2.41. The minimum atomic E-state index is 0.0354. The standard InChI is InChI=1S/C13H20N4O/c1-16-7-2-3-10(9-16)15-12-13(18)17(8-6-14-12)11-4-5-11/h6,8,10-11H,2-5,7,9H2,1H3,(H,14,15). The van der Waals surface area contributed by atoms with Crippen LogP contribution in [0.5, 0.6) is 0 Å². The Morgan fingerprint density at radius 1 is 1.39 bits per heavy atom. The third-order valence-corrected chi connectivity index (χ3v) is 3.77. The van der Waals surface area contributed by atoms with Crippen LogP contribution in [-0.4, -0.2) is 40.6 Å². The van der Waals surface area contributed by atoms with Gasteiger partial charge in [-0.05, 0) is 39.3 Å². The van der Waals surface area contributed by atoms with Gasteiger partial charge in [-0.2, -0.15) is 0 Å². The molecule has 2 fully saturated rings. The second kappa shape index (κ2) is 4.72. The van der Waals surface area contributed by atoms with Crippen LogP contribution in [0.25, 0.3) is 0 Å². The SMILES string of the molecule is CN1CCCC(Nc2nccn(C3CC3)c2=O)C1. The Kier molecular flexibility index (Phi) is 3.07. The molecule has 1 N–H and O–H groups in total. The molecule has 0 spiro atoms. The van der Waals surface area contributed by atoms with Crippen molar-refractivity contribution in [3.63, 3.8) is 0 Å². The first-order valence-electron chi connectivity index (χ1n) is 6.76. The monoisotopic (exact) mass is 248 g/mol. The van der Waals surface area contributed by atoms with Crippen LogP contribution in [0.2, 0.25) is 0 Å². The fourth-order valence-corrected chi connectivity index (χ4v) is 2.64. The maximum Gasteiger partial charge on any atom is 0.293 e. The first kappa shape index (κ1) is 11.7. The van der Waals surface area contributed by atoms with Crippen molar-refractivity contribution < 1.29 is 0 Å². The van der Waals surface area contributed by atoms with E-state index >= 15 is 0 Å². The number of likely N-dealkylation sites (tertiary alicyclic amines) is 1. The summed E-state index contributed by atoms with van der Waals surface area (Å²) >= 11 is 0. The number of anilines is 1. The lowest BCUT2D eigenvalue weighted by Gasteiger charge is -2.30. The van der Waals surface area contributed by atoms with Crippen molar-refractivity contribution in [3.05, 3.63) is 22.7 Å². The van der Waals surface area contributed by atoms with Gasteiger partial charge in [0.25, 0.3) is 5.56 Å². The van der Waals surface area contributed by atoms with Crippen molar-refractivity contribution in [3.8, 4) is 0 Å². The van der Waals surface area contributed by atoms with Crippen molar-refractivity contribution in [2.45, 2.75) is 37.8 Å². The van der Waals surface area contributed by atoms with Gasteiger partial charge in [-0.15, -0.1) is 0 Å². The Morgan fingerprint density at radius 2 is 2.22 bits per heavy atom. The van der Waals surface area contributed by atoms with Crippen LogP contribution >= 0.6 is 0 Å². The van der Waals surface area contributed by atoms with Gasteiger partial charge < -0.3 is 14.8 Å². The zero-order chi connectivity index (χ0) is 12.5. The van der Waals surface area contributed by atoms with Crippen LogP contribution in [-0.2, 0) is 0 Å². The molecule has 1 saturated carbocycles.